The number of carboxylic acid groups (broad SMARTS) is 1. The molecule has 104 valence electrons. The van der Waals surface area contributed by atoms with Gasteiger partial charge in [0.25, 0.3) is 0 Å². The van der Waals surface area contributed by atoms with Crippen LogP contribution in [-0.2, 0) is 11.2 Å². The van der Waals surface area contributed by atoms with Crippen LogP contribution in [0.3, 0.4) is 0 Å². The van der Waals surface area contributed by atoms with E-state index in [0.717, 1.165) is 10.0 Å². The van der Waals surface area contributed by atoms with Gasteiger partial charge in [-0.05, 0) is 48.0 Å². The molecule has 0 aliphatic rings. The van der Waals surface area contributed by atoms with E-state index in [0.29, 0.717) is 27.8 Å². The molecule has 0 aliphatic heterocycles. The molecule has 0 aliphatic carbocycles. The molecule has 0 amide bonds. The Kier molecular flexibility index (Phi) is 4.40. The van der Waals surface area contributed by atoms with Gasteiger partial charge in [-0.25, -0.2) is 9.97 Å². The number of aromatic nitrogens is 2. The summed E-state index contributed by atoms with van der Waals surface area (Å²) in [7, 11) is 0. The number of rotatable bonds is 3. The van der Waals surface area contributed by atoms with Gasteiger partial charge in [0, 0.05) is 27.0 Å². The van der Waals surface area contributed by atoms with Crippen molar-refractivity contribution >= 4 is 33.5 Å². The van der Waals surface area contributed by atoms with Crippen molar-refractivity contribution in [3.63, 3.8) is 0 Å². The molecule has 2 aromatic rings. The molecule has 0 saturated carbocycles. The fraction of sp³-hybridized carbons (Fsp3) is 0.214. The van der Waals surface area contributed by atoms with Gasteiger partial charge in [0.05, 0.1) is 11.4 Å². The molecule has 1 aromatic carbocycles. The van der Waals surface area contributed by atoms with Crippen LogP contribution in [0.25, 0.3) is 11.4 Å². The molecule has 2 rings (SSSR count). The maximum atomic E-state index is 10.8. The molecular weight excluding hydrogens is 344 g/mol. The highest BCUT2D eigenvalue weighted by Crippen LogP contribution is 2.28. The van der Waals surface area contributed by atoms with Crippen LogP contribution in [0.15, 0.2) is 22.7 Å². The highest BCUT2D eigenvalue weighted by Gasteiger charge is 2.13. The van der Waals surface area contributed by atoms with Crippen molar-refractivity contribution in [1.82, 2.24) is 9.97 Å². The van der Waals surface area contributed by atoms with Gasteiger partial charge in [0.2, 0.25) is 0 Å². The van der Waals surface area contributed by atoms with Crippen molar-refractivity contribution in [3.05, 3.63) is 44.6 Å². The minimum Gasteiger partial charge on any atom is -0.481 e. The Bertz CT molecular complexity index is 666. The molecule has 1 N–H and O–H groups in total. The highest BCUT2D eigenvalue weighted by atomic mass is 79.9. The van der Waals surface area contributed by atoms with E-state index in [1.54, 1.807) is 19.9 Å². The fourth-order valence-electron chi connectivity index (χ4n) is 1.91. The number of halogens is 2. The van der Waals surface area contributed by atoms with E-state index in [4.69, 9.17) is 16.7 Å². The first-order valence-electron chi connectivity index (χ1n) is 5.90. The van der Waals surface area contributed by atoms with Crippen molar-refractivity contribution in [2.75, 3.05) is 0 Å². The average molecular weight is 356 g/mol. The Balaban J connectivity index is 2.48. The lowest BCUT2D eigenvalue weighted by Gasteiger charge is -2.10. The first-order valence-corrected chi connectivity index (χ1v) is 7.07. The summed E-state index contributed by atoms with van der Waals surface area (Å²) in [6, 6.07) is 5.44. The van der Waals surface area contributed by atoms with Gasteiger partial charge in [-0.2, -0.15) is 0 Å². The molecule has 0 spiro atoms. The lowest BCUT2D eigenvalue weighted by atomic mass is 10.1. The Morgan fingerprint density at radius 2 is 1.90 bits per heavy atom. The second-order valence-corrected chi connectivity index (χ2v) is 5.66. The number of benzene rings is 1. The summed E-state index contributed by atoms with van der Waals surface area (Å²) in [5.74, 6) is -0.326. The molecule has 0 atom stereocenters. The van der Waals surface area contributed by atoms with Crippen LogP contribution >= 0.6 is 27.5 Å². The lowest BCUT2D eigenvalue weighted by molar-refractivity contribution is -0.136. The molecule has 20 heavy (non-hydrogen) atoms. The van der Waals surface area contributed by atoms with Crippen LogP contribution in [-0.4, -0.2) is 21.0 Å². The molecule has 0 radical (unpaired) electrons. The molecule has 0 unspecified atom stereocenters. The maximum absolute atomic E-state index is 10.8. The lowest BCUT2D eigenvalue weighted by Crippen LogP contribution is -2.08. The van der Waals surface area contributed by atoms with Crippen molar-refractivity contribution in [2.45, 2.75) is 20.3 Å². The van der Waals surface area contributed by atoms with E-state index in [1.165, 1.54) is 0 Å². The summed E-state index contributed by atoms with van der Waals surface area (Å²) >= 11 is 9.32. The van der Waals surface area contributed by atoms with Crippen LogP contribution in [0.2, 0.25) is 5.02 Å². The zero-order valence-corrected chi connectivity index (χ0v) is 13.3. The summed E-state index contributed by atoms with van der Waals surface area (Å²) in [5.41, 5.74) is 2.85. The van der Waals surface area contributed by atoms with Crippen LogP contribution in [0.1, 0.15) is 17.0 Å². The summed E-state index contributed by atoms with van der Waals surface area (Å²) in [4.78, 5) is 19.6. The largest absolute Gasteiger partial charge is 0.481 e. The van der Waals surface area contributed by atoms with Crippen molar-refractivity contribution in [3.8, 4) is 11.4 Å². The van der Waals surface area contributed by atoms with E-state index >= 15 is 0 Å². The van der Waals surface area contributed by atoms with E-state index in [-0.39, 0.29) is 6.42 Å². The smallest absolute Gasteiger partial charge is 0.307 e. The van der Waals surface area contributed by atoms with Gasteiger partial charge in [0.15, 0.2) is 5.82 Å². The second kappa shape index (κ2) is 5.89. The topological polar surface area (TPSA) is 63.1 Å². The molecule has 6 heteroatoms. The number of hydrogen-bond acceptors (Lipinski definition) is 3. The highest BCUT2D eigenvalue weighted by molar-refractivity contribution is 9.10. The van der Waals surface area contributed by atoms with Crippen LogP contribution < -0.4 is 0 Å². The fourth-order valence-corrected chi connectivity index (χ4v) is 2.41. The standard InChI is InChI=1S/C14H12BrClN2O2/c1-7-10(6-13(19)20)8(2)18-14(17-7)9-3-4-12(16)11(15)5-9/h3-5H,6H2,1-2H3,(H,19,20). The van der Waals surface area contributed by atoms with Gasteiger partial charge in [-0.3, -0.25) is 4.79 Å². The second-order valence-electron chi connectivity index (χ2n) is 4.40. The number of aryl methyl sites for hydroxylation is 2. The van der Waals surface area contributed by atoms with Crippen LogP contribution in [0, 0.1) is 13.8 Å². The van der Waals surface area contributed by atoms with E-state index in [1.807, 2.05) is 12.1 Å². The van der Waals surface area contributed by atoms with Gasteiger partial charge < -0.3 is 5.11 Å². The van der Waals surface area contributed by atoms with Gasteiger partial charge in [-0.15, -0.1) is 0 Å². The monoisotopic (exact) mass is 354 g/mol. The molecule has 1 heterocycles. The molecule has 1 aromatic heterocycles. The summed E-state index contributed by atoms with van der Waals surface area (Å²) in [5, 5.41) is 9.51. The van der Waals surface area contributed by atoms with E-state index in [9.17, 15) is 4.79 Å². The predicted octanol–water partition coefficient (Wildman–Crippen LogP) is 3.80. The summed E-state index contributed by atoms with van der Waals surface area (Å²) in [6.45, 7) is 3.59. The van der Waals surface area contributed by atoms with Crippen LogP contribution in [0.5, 0.6) is 0 Å². The van der Waals surface area contributed by atoms with E-state index in [2.05, 4.69) is 25.9 Å². The van der Waals surface area contributed by atoms with Crippen molar-refractivity contribution < 1.29 is 9.90 Å². The minimum atomic E-state index is -0.887. The molecular formula is C14H12BrClN2O2. The quantitative estimate of drug-likeness (QED) is 0.909. The zero-order valence-electron chi connectivity index (χ0n) is 10.9. The maximum Gasteiger partial charge on any atom is 0.307 e. The third-order valence-corrected chi connectivity index (χ3v) is 4.14. The third-order valence-electron chi connectivity index (χ3n) is 2.93. The van der Waals surface area contributed by atoms with Crippen LogP contribution in [0.4, 0.5) is 0 Å². The van der Waals surface area contributed by atoms with Gasteiger partial charge >= 0.3 is 5.97 Å². The number of aliphatic carboxylic acids is 1. The number of nitrogens with zero attached hydrogens (tertiary/aromatic N) is 2. The van der Waals surface area contributed by atoms with Gasteiger partial charge in [-0.1, -0.05) is 11.6 Å². The third kappa shape index (κ3) is 3.16. The number of carboxylic acids is 1. The number of hydrogen-bond donors (Lipinski definition) is 1. The first-order chi connectivity index (χ1) is 9.38. The minimum absolute atomic E-state index is 0.0672. The van der Waals surface area contributed by atoms with Crippen molar-refractivity contribution in [1.29, 1.82) is 0 Å². The SMILES string of the molecule is Cc1nc(-c2ccc(Cl)c(Br)c2)nc(C)c1CC(=O)O. The summed E-state index contributed by atoms with van der Waals surface area (Å²) < 4.78 is 0.769. The number of carbonyl (C=O) groups is 1. The molecule has 0 saturated heterocycles. The Morgan fingerprint density at radius 1 is 1.30 bits per heavy atom. The Labute approximate surface area is 130 Å². The first kappa shape index (κ1) is 14.9. The average Bonchev–Trinajstić information content (AvgIpc) is 2.36. The Morgan fingerprint density at radius 3 is 2.40 bits per heavy atom. The molecule has 0 fully saturated rings. The zero-order chi connectivity index (χ0) is 14.9. The molecule has 0 bridgehead atoms. The van der Waals surface area contributed by atoms with E-state index < -0.39 is 5.97 Å². The normalized spacial score (nSPS) is 10.6. The Hall–Kier alpha value is -1.46. The van der Waals surface area contributed by atoms with Crippen molar-refractivity contribution in [2.24, 2.45) is 0 Å². The molecule has 4 nitrogen and oxygen atoms in total. The predicted molar refractivity (Wildman–Crippen MR) is 81.0 cm³/mol. The van der Waals surface area contributed by atoms with Gasteiger partial charge in [0.1, 0.15) is 0 Å². The summed E-state index contributed by atoms with van der Waals surface area (Å²) in [6.07, 6.45) is -0.0672.